The number of hydrogen-bond donors (Lipinski definition) is 1. The van der Waals surface area contributed by atoms with Crippen molar-refractivity contribution in [1.82, 2.24) is 4.90 Å². The lowest BCUT2D eigenvalue weighted by molar-refractivity contribution is 0.0642. The normalized spacial score (nSPS) is 13.4. The monoisotopic (exact) mass is 470 g/mol. The van der Waals surface area contributed by atoms with Gasteiger partial charge in [0.05, 0.1) is 28.3 Å². The number of para-hydroxylation sites is 1. The summed E-state index contributed by atoms with van der Waals surface area (Å²) in [5, 5.41) is 2.29. The number of alkyl halides is 2. The van der Waals surface area contributed by atoms with E-state index in [2.05, 4.69) is 5.32 Å². The topological polar surface area (TPSA) is 101 Å². The fourth-order valence-electron chi connectivity index (χ4n) is 3.45. The summed E-state index contributed by atoms with van der Waals surface area (Å²) in [6, 6.07) is 17.5. The molecule has 0 aromatic heterocycles. The van der Waals surface area contributed by atoms with Crippen LogP contribution in [0.5, 0.6) is 0 Å². The predicted octanol–water partition coefficient (Wildman–Crippen LogP) is 3.73. The lowest BCUT2D eigenvalue weighted by atomic mass is 10.1. The van der Waals surface area contributed by atoms with Crippen LogP contribution in [-0.4, -0.2) is 36.8 Å². The van der Waals surface area contributed by atoms with Gasteiger partial charge in [0.15, 0.2) is 0 Å². The van der Waals surface area contributed by atoms with Crippen molar-refractivity contribution >= 4 is 33.2 Å². The summed E-state index contributed by atoms with van der Waals surface area (Å²) in [7, 11) is -4.95. The van der Waals surface area contributed by atoms with Crippen molar-refractivity contribution in [1.29, 1.82) is 0 Å². The van der Waals surface area contributed by atoms with Crippen LogP contribution in [0.25, 0.3) is 0 Å². The fraction of sp³-hybridized carbons (Fsp3) is 0.0870. The third-order valence-electron chi connectivity index (χ3n) is 5.09. The minimum atomic E-state index is -4.95. The smallest absolute Gasteiger partial charge is 0.321 e. The number of rotatable bonds is 6. The molecule has 0 spiro atoms. The van der Waals surface area contributed by atoms with Crippen molar-refractivity contribution in [2.45, 2.75) is 17.2 Å². The number of nitrogens with one attached hydrogen (secondary N) is 1. The third kappa shape index (κ3) is 4.12. The summed E-state index contributed by atoms with van der Waals surface area (Å²) in [4.78, 5) is 38.5. The number of nitrogens with zero attached hydrogens (tertiary/aromatic N) is 1. The van der Waals surface area contributed by atoms with Crippen LogP contribution in [0.4, 0.5) is 14.5 Å². The van der Waals surface area contributed by atoms with E-state index in [0.29, 0.717) is 0 Å². The average molecular weight is 470 g/mol. The van der Waals surface area contributed by atoms with Crippen molar-refractivity contribution in [3.05, 3.63) is 95.1 Å². The molecule has 1 aliphatic heterocycles. The van der Waals surface area contributed by atoms with Gasteiger partial charge in [0.2, 0.25) is 9.84 Å². The van der Waals surface area contributed by atoms with E-state index in [9.17, 15) is 31.6 Å². The molecule has 33 heavy (non-hydrogen) atoms. The van der Waals surface area contributed by atoms with E-state index in [1.165, 1.54) is 36.4 Å². The van der Waals surface area contributed by atoms with Gasteiger partial charge >= 0.3 is 5.76 Å². The Morgan fingerprint density at radius 2 is 1.52 bits per heavy atom. The first kappa shape index (κ1) is 22.3. The first-order valence-electron chi connectivity index (χ1n) is 9.67. The molecule has 0 bridgehead atoms. The van der Waals surface area contributed by atoms with Crippen LogP contribution in [0.2, 0.25) is 0 Å². The van der Waals surface area contributed by atoms with E-state index in [0.717, 1.165) is 16.5 Å². The molecule has 10 heteroatoms. The molecule has 0 fully saturated rings. The Labute approximate surface area is 187 Å². The van der Waals surface area contributed by atoms with E-state index < -0.39 is 38.2 Å². The Balaban J connectivity index is 1.60. The number of halogens is 2. The van der Waals surface area contributed by atoms with E-state index in [1.54, 1.807) is 24.3 Å². The minimum Gasteiger partial charge on any atom is -0.321 e. The molecule has 168 valence electrons. The number of hydrogen-bond acceptors (Lipinski definition) is 5. The van der Waals surface area contributed by atoms with E-state index in [-0.39, 0.29) is 28.9 Å². The Hall–Kier alpha value is -3.92. The van der Waals surface area contributed by atoms with Crippen LogP contribution >= 0.6 is 0 Å². The summed E-state index contributed by atoms with van der Waals surface area (Å²) in [6.45, 7) is 0.0631. The lowest BCUT2D eigenvalue weighted by Crippen LogP contribution is -2.29. The van der Waals surface area contributed by atoms with Gasteiger partial charge in [0.1, 0.15) is 0 Å². The van der Waals surface area contributed by atoms with E-state index in [4.69, 9.17) is 0 Å². The Bertz CT molecular complexity index is 1370. The Morgan fingerprint density at radius 1 is 0.879 bits per heavy atom. The van der Waals surface area contributed by atoms with Crippen LogP contribution in [0.3, 0.4) is 0 Å². The summed E-state index contributed by atoms with van der Waals surface area (Å²) in [6.07, 6.45) is 0. The molecular weight excluding hydrogens is 454 g/mol. The summed E-state index contributed by atoms with van der Waals surface area (Å²) in [5.41, 5.74) is 0.546. The van der Waals surface area contributed by atoms with Crippen molar-refractivity contribution in [3.63, 3.8) is 0 Å². The van der Waals surface area contributed by atoms with E-state index >= 15 is 0 Å². The van der Waals surface area contributed by atoms with Crippen LogP contribution in [-0.2, 0) is 16.4 Å². The quantitative estimate of drug-likeness (QED) is 0.554. The number of benzene rings is 3. The summed E-state index contributed by atoms with van der Waals surface area (Å²) < 4.78 is 49.8. The Morgan fingerprint density at radius 3 is 2.21 bits per heavy atom. The molecule has 0 saturated carbocycles. The maximum Gasteiger partial charge on any atom is 0.341 e. The fourth-order valence-corrected chi connectivity index (χ4v) is 4.34. The second-order valence-electron chi connectivity index (χ2n) is 7.20. The number of imide groups is 1. The van der Waals surface area contributed by atoms with Gasteiger partial charge in [0, 0.05) is 5.56 Å². The summed E-state index contributed by atoms with van der Waals surface area (Å²) >= 11 is 0. The molecule has 3 amide bonds. The molecule has 0 aliphatic carbocycles. The van der Waals surface area contributed by atoms with Crippen LogP contribution in [0.15, 0.2) is 77.7 Å². The van der Waals surface area contributed by atoms with E-state index in [1.807, 2.05) is 6.07 Å². The minimum absolute atomic E-state index is 0.0251. The number of carbonyl (C=O) groups excluding carboxylic acids is 3. The van der Waals surface area contributed by atoms with Crippen molar-refractivity contribution in [2.24, 2.45) is 0 Å². The molecule has 4 rings (SSSR count). The molecule has 1 N–H and O–H groups in total. The zero-order chi connectivity index (χ0) is 23.8. The zero-order valence-electron chi connectivity index (χ0n) is 16.9. The van der Waals surface area contributed by atoms with Crippen LogP contribution in [0, 0.1) is 0 Å². The average Bonchev–Trinajstić information content (AvgIpc) is 3.04. The molecule has 0 atom stereocenters. The number of anilines is 1. The maximum atomic E-state index is 13.0. The second-order valence-corrected chi connectivity index (χ2v) is 9.08. The molecular formula is C23H16F2N2O5S. The van der Waals surface area contributed by atoms with Gasteiger partial charge in [-0.3, -0.25) is 19.3 Å². The first-order chi connectivity index (χ1) is 15.7. The van der Waals surface area contributed by atoms with Gasteiger partial charge in [-0.05, 0) is 35.9 Å². The molecule has 3 aromatic rings. The van der Waals surface area contributed by atoms with Gasteiger partial charge < -0.3 is 5.32 Å². The summed E-state index contributed by atoms with van der Waals surface area (Å²) in [5.74, 6) is -5.56. The molecule has 3 aromatic carbocycles. The highest BCUT2D eigenvalue weighted by Gasteiger charge is 2.36. The van der Waals surface area contributed by atoms with Crippen molar-refractivity contribution in [3.8, 4) is 0 Å². The van der Waals surface area contributed by atoms with Gasteiger partial charge in [-0.1, -0.05) is 42.5 Å². The predicted molar refractivity (Wildman–Crippen MR) is 115 cm³/mol. The SMILES string of the molecule is O=C(Nc1ccccc1S(=O)(=O)C(F)F)c1ccc2c(c1)C(=O)N(Cc1ccccc1)C2=O. The number of fused-ring (bicyclic) bond motifs is 1. The standard InChI is InChI=1S/C23H16F2N2O5S/c24-23(25)33(31,32)19-9-5-4-8-18(19)26-20(28)15-10-11-16-17(12-15)22(30)27(21(16)29)13-14-6-2-1-3-7-14/h1-12,23H,13H2,(H,26,28). The molecule has 7 nitrogen and oxygen atoms in total. The number of amides is 3. The van der Waals surface area contributed by atoms with Crippen molar-refractivity contribution in [2.75, 3.05) is 5.32 Å². The second kappa shape index (κ2) is 8.55. The first-order valence-corrected chi connectivity index (χ1v) is 11.2. The van der Waals surface area contributed by atoms with Crippen LogP contribution < -0.4 is 5.32 Å². The highest BCUT2D eigenvalue weighted by atomic mass is 32.2. The number of carbonyl (C=O) groups is 3. The third-order valence-corrected chi connectivity index (χ3v) is 6.53. The number of sulfone groups is 1. The molecule has 0 saturated heterocycles. The molecule has 1 aliphatic rings. The molecule has 1 heterocycles. The molecule has 0 radical (unpaired) electrons. The highest BCUT2D eigenvalue weighted by Crippen LogP contribution is 2.28. The van der Waals surface area contributed by atoms with Gasteiger partial charge in [-0.15, -0.1) is 0 Å². The van der Waals surface area contributed by atoms with Gasteiger partial charge in [-0.25, -0.2) is 8.42 Å². The lowest BCUT2D eigenvalue weighted by Gasteiger charge is -2.13. The Kier molecular flexibility index (Phi) is 5.77. The molecule has 0 unspecified atom stereocenters. The van der Waals surface area contributed by atoms with Gasteiger partial charge in [0.25, 0.3) is 17.7 Å². The van der Waals surface area contributed by atoms with Crippen molar-refractivity contribution < 1.29 is 31.6 Å². The van der Waals surface area contributed by atoms with Gasteiger partial charge in [-0.2, -0.15) is 8.78 Å². The van der Waals surface area contributed by atoms with Crippen LogP contribution in [0.1, 0.15) is 36.6 Å². The largest absolute Gasteiger partial charge is 0.341 e. The zero-order valence-corrected chi connectivity index (χ0v) is 17.7. The highest BCUT2D eigenvalue weighted by molar-refractivity contribution is 7.91. The maximum absolute atomic E-state index is 13.0.